The molecule has 0 aromatic heterocycles. The molecule has 0 N–H and O–H groups in total. The van der Waals surface area contributed by atoms with Crippen LogP contribution in [0.25, 0.3) is 0 Å². The van der Waals surface area contributed by atoms with E-state index < -0.39 is 11.4 Å². The molecule has 19 heavy (non-hydrogen) atoms. The van der Waals surface area contributed by atoms with Crippen molar-refractivity contribution in [2.45, 2.75) is 18.1 Å². The average Bonchev–Trinajstić information content (AvgIpc) is 3.03. The van der Waals surface area contributed by atoms with E-state index in [4.69, 9.17) is 51.1 Å². The zero-order valence-corrected chi connectivity index (χ0v) is 12.5. The van der Waals surface area contributed by atoms with Crippen molar-refractivity contribution in [3.8, 4) is 0 Å². The second kappa shape index (κ2) is 3.20. The average molecular weight is 338 g/mol. The highest BCUT2D eigenvalue weighted by atomic mass is 35.5. The van der Waals surface area contributed by atoms with Crippen molar-refractivity contribution in [2.75, 3.05) is 0 Å². The molecule has 6 aliphatic rings. The lowest BCUT2D eigenvalue weighted by atomic mass is 9.66. The van der Waals surface area contributed by atoms with Gasteiger partial charge in [0, 0.05) is 5.92 Å². The molecular weight excluding hydrogens is 330 g/mol. The van der Waals surface area contributed by atoms with E-state index in [1.165, 1.54) is 0 Å². The third-order valence-electron chi connectivity index (χ3n) is 5.76. The van der Waals surface area contributed by atoms with Crippen molar-refractivity contribution in [1.29, 1.82) is 0 Å². The fourth-order valence-corrected chi connectivity index (χ4v) is 6.38. The van der Waals surface area contributed by atoms with Gasteiger partial charge in [0.25, 0.3) is 0 Å². The van der Waals surface area contributed by atoms with Gasteiger partial charge in [-0.15, -0.1) is 0 Å². The van der Waals surface area contributed by atoms with Crippen LogP contribution in [0.1, 0.15) is 6.42 Å². The normalized spacial score (nSPS) is 51.9. The molecule has 2 saturated heterocycles. The maximum absolute atomic E-state index is 11.9. The predicted molar refractivity (Wildman–Crippen MR) is 72.1 cm³/mol. The van der Waals surface area contributed by atoms with E-state index in [1.54, 1.807) is 0 Å². The third-order valence-corrected chi connectivity index (χ3v) is 7.61. The number of allylic oxidation sites excluding steroid dienone is 2. The van der Waals surface area contributed by atoms with Crippen LogP contribution in [0, 0.1) is 29.6 Å². The molecular formula is C13H8Cl4O2. The molecule has 0 amide bonds. The zero-order chi connectivity index (χ0) is 13.3. The van der Waals surface area contributed by atoms with Crippen molar-refractivity contribution in [1.82, 2.24) is 0 Å². The molecule has 3 saturated carbocycles. The van der Waals surface area contributed by atoms with Crippen LogP contribution < -0.4 is 0 Å². The van der Waals surface area contributed by atoms with Gasteiger partial charge in [-0.05, 0) is 30.1 Å². The Morgan fingerprint density at radius 2 is 1.63 bits per heavy atom. The molecule has 0 aromatic rings. The first kappa shape index (κ1) is 11.9. The van der Waals surface area contributed by atoms with Gasteiger partial charge in [0.1, 0.15) is 15.7 Å². The van der Waals surface area contributed by atoms with E-state index in [-0.39, 0.29) is 32.2 Å². The van der Waals surface area contributed by atoms with Crippen molar-refractivity contribution in [3.05, 3.63) is 20.1 Å². The van der Waals surface area contributed by atoms with Gasteiger partial charge in [-0.1, -0.05) is 46.4 Å². The highest BCUT2D eigenvalue weighted by Crippen LogP contribution is 2.83. The third kappa shape index (κ3) is 1.01. The number of hydrogen-bond donors (Lipinski definition) is 0. The number of ether oxygens (including phenoxy) is 1. The summed E-state index contributed by atoms with van der Waals surface area (Å²) in [6.07, 6.45) is 1.26. The molecule has 6 rings (SSSR count). The van der Waals surface area contributed by atoms with Crippen molar-refractivity contribution in [2.24, 2.45) is 29.6 Å². The quantitative estimate of drug-likeness (QED) is 0.675. The van der Waals surface area contributed by atoms with Crippen molar-refractivity contribution >= 4 is 52.2 Å². The number of carbonyl (C=O) groups excluding carboxylic acids is 1. The number of hydrogen-bond acceptors (Lipinski definition) is 2. The monoisotopic (exact) mass is 336 g/mol. The second-order valence-electron chi connectivity index (χ2n) is 6.14. The fraction of sp³-hybridized carbons (Fsp3) is 0.615. The topological polar surface area (TPSA) is 26.3 Å². The molecule has 0 radical (unpaired) electrons. The molecule has 4 aliphatic carbocycles. The summed E-state index contributed by atoms with van der Waals surface area (Å²) in [5.74, 6) is 2.43. The number of carbonyl (C=O) groups is 1. The summed E-state index contributed by atoms with van der Waals surface area (Å²) in [5.41, 5.74) is -0.946. The summed E-state index contributed by atoms with van der Waals surface area (Å²) in [5, 5.41) is 0.368. The van der Waals surface area contributed by atoms with Gasteiger partial charge in [-0.3, -0.25) is 4.79 Å². The van der Waals surface area contributed by atoms with E-state index in [0.717, 1.165) is 12.3 Å². The maximum atomic E-state index is 11.9. The minimum absolute atomic E-state index is 0.0455. The Morgan fingerprint density at radius 1 is 1.00 bits per heavy atom. The molecule has 3 bridgehead atoms. The van der Waals surface area contributed by atoms with Crippen LogP contribution >= 0.6 is 46.4 Å². The standard InChI is InChI=1S/C13H8Cl4O2/c14-7-9(18)8(15)12(17)13(11(7)16)3-1-2-4-5(3)6(4)10(2)19-13/h2-6,10H,1H2. The highest BCUT2D eigenvalue weighted by molar-refractivity contribution is 6.61. The van der Waals surface area contributed by atoms with E-state index in [9.17, 15) is 4.79 Å². The van der Waals surface area contributed by atoms with Gasteiger partial charge in [0.05, 0.1) is 16.2 Å². The SMILES string of the molecule is O=C1C(Cl)=C(Cl)C2(OC3C4CC2C2C4C32)C(Cl)=C1Cl. The number of ketones is 1. The zero-order valence-electron chi connectivity index (χ0n) is 9.50. The van der Waals surface area contributed by atoms with Gasteiger partial charge in [-0.25, -0.2) is 0 Å². The van der Waals surface area contributed by atoms with E-state index in [1.807, 2.05) is 0 Å². The van der Waals surface area contributed by atoms with E-state index in [2.05, 4.69) is 0 Å². The van der Waals surface area contributed by atoms with Crippen molar-refractivity contribution in [3.63, 3.8) is 0 Å². The summed E-state index contributed by atoms with van der Waals surface area (Å²) in [6, 6.07) is 0. The fourth-order valence-electron chi connectivity index (χ4n) is 5.08. The molecule has 6 heteroatoms. The minimum atomic E-state index is -0.946. The molecule has 0 aromatic carbocycles. The van der Waals surface area contributed by atoms with Gasteiger partial charge in [-0.2, -0.15) is 0 Å². The smallest absolute Gasteiger partial charge is 0.218 e. The lowest BCUT2D eigenvalue weighted by Gasteiger charge is -2.55. The second-order valence-corrected chi connectivity index (χ2v) is 7.65. The summed E-state index contributed by atoms with van der Waals surface area (Å²) < 4.78 is 6.21. The van der Waals surface area contributed by atoms with E-state index >= 15 is 0 Å². The van der Waals surface area contributed by atoms with Crippen LogP contribution in [-0.2, 0) is 9.53 Å². The predicted octanol–water partition coefficient (Wildman–Crippen LogP) is 3.60. The molecule has 100 valence electrons. The summed E-state index contributed by atoms with van der Waals surface area (Å²) in [6.45, 7) is 0. The highest BCUT2D eigenvalue weighted by Gasteiger charge is 2.84. The minimum Gasteiger partial charge on any atom is -0.359 e. The molecule has 6 unspecified atom stereocenters. The summed E-state index contributed by atoms with van der Waals surface area (Å²) >= 11 is 24.8. The van der Waals surface area contributed by atoms with Crippen LogP contribution in [0.3, 0.4) is 0 Å². The first-order valence-corrected chi connectivity index (χ1v) is 7.85. The maximum Gasteiger partial charge on any atom is 0.218 e. The van der Waals surface area contributed by atoms with Gasteiger partial charge < -0.3 is 4.74 Å². The van der Waals surface area contributed by atoms with Crippen LogP contribution in [0.5, 0.6) is 0 Å². The van der Waals surface area contributed by atoms with Crippen LogP contribution in [0.15, 0.2) is 20.1 Å². The number of rotatable bonds is 0. The molecule has 5 fully saturated rings. The van der Waals surface area contributed by atoms with Gasteiger partial charge >= 0.3 is 0 Å². The van der Waals surface area contributed by atoms with Crippen LogP contribution in [-0.4, -0.2) is 17.5 Å². The Morgan fingerprint density at radius 3 is 2.11 bits per heavy atom. The van der Waals surface area contributed by atoms with Crippen LogP contribution in [0.4, 0.5) is 0 Å². The molecule has 1 spiro atoms. The van der Waals surface area contributed by atoms with Gasteiger partial charge in [0.2, 0.25) is 5.78 Å². The first-order valence-electron chi connectivity index (χ1n) is 6.34. The molecule has 6 atom stereocenters. The number of Topliss-reactive ketones (excluding diaryl/α,β-unsaturated/α-hetero) is 1. The molecule has 2 nitrogen and oxygen atoms in total. The Balaban J connectivity index is 1.74. The molecule has 2 heterocycles. The van der Waals surface area contributed by atoms with Gasteiger partial charge in [0.15, 0.2) is 0 Å². The van der Waals surface area contributed by atoms with E-state index in [0.29, 0.717) is 17.8 Å². The Hall–Kier alpha value is 0.270. The molecule has 2 aliphatic heterocycles. The summed E-state index contributed by atoms with van der Waals surface area (Å²) in [7, 11) is 0. The summed E-state index contributed by atoms with van der Waals surface area (Å²) in [4.78, 5) is 11.9. The number of halogens is 4. The van der Waals surface area contributed by atoms with Crippen molar-refractivity contribution < 1.29 is 9.53 Å². The Kier molecular flexibility index (Phi) is 2.00. The largest absolute Gasteiger partial charge is 0.359 e. The lowest BCUT2D eigenvalue weighted by Crippen LogP contribution is -2.59. The first-order chi connectivity index (χ1) is 9.00. The lowest BCUT2D eigenvalue weighted by molar-refractivity contribution is -0.197. The van der Waals surface area contributed by atoms with Crippen LogP contribution in [0.2, 0.25) is 0 Å². The Bertz CT molecular complexity index is 587. The Labute approximate surface area is 129 Å².